The predicted molar refractivity (Wildman–Crippen MR) is 106 cm³/mol. The lowest BCUT2D eigenvalue weighted by Crippen LogP contribution is -2.53. The first-order valence-corrected chi connectivity index (χ1v) is 10.1. The van der Waals surface area contributed by atoms with E-state index < -0.39 is 0 Å². The van der Waals surface area contributed by atoms with Gasteiger partial charge in [0, 0.05) is 44.9 Å². The van der Waals surface area contributed by atoms with E-state index in [0.717, 1.165) is 30.4 Å². The van der Waals surface area contributed by atoms with Crippen molar-refractivity contribution in [3.8, 4) is 5.75 Å². The average Bonchev–Trinajstić information content (AvgIpc) is 3.12. The highest BCUT2D eigenvalue weighted by Crippen LogP contribution is 2.23. The van der Waals surface area contributed by atoms with Crippen LogP contribution in [0.1, 0.15) is 34.1 Å². The summed E-state index contributed by atoms with van der Waals surface area (Å²) in [6.07, 6.45) is 1.67. The maximum atomic E-state index is 12.8. The highest BCUT2D eigenvalue weighted by atomic mass is 32.1. The van der Waals surface area contributed by atoms with Crippen molar-refractivity contribution >= 4 is 17.2 Å². The molecular formula is C20H27N3O3S. The van der Waals surface area contributed by atoms with Crippen LogP contribution in [0.4, 0.5) is 0 Å². The molecular weight excluding hydrogens is 362 g/mol. The topological polar surface area (TPSA) is 54.9 Å². The van der Waals surface area contributed by atoms with Gasteiger partial charge in [-0.25, -0.2) is 4.98 Å². The Morgan fingerprint density at radius 3 is 2.89 bits per heavy atom. The minimum absolute atomic E-state index is 0.0664. The van der Waals surface area contributed by atoms with E-state index in [-0.39, 0.29) is 11.9 Å². The molecule has 6 nitrogen and oxygen atoms in total. The first kappa shape index (κ1) is 19.8. The van der Waals surface area contributed by atoms with Gasteiger partial charge in [-0.15, -0.1) is 11.3 Å². The van der Waals surface area contributed by atoms with E-state index >= 15 is 0 Å². The summed E-state index contributed by atoms with van der Waals surface area (Å²) in [5, 5.41) is 0.833. The van der Waals surface area contributed by atoms with Crippen molar-refractivity contribution in [1.82, 2.24) is 14.8 Å². The molecule has 27 heavy (non-hydrogen) atoms. The maximum Gasteiger partial charge on any atom is 0.265 e. The number of benzene rings is 1. The van der Waals surface area contributed by atoms with E-state index in [0.29, 0.717) is 24.6 Å². The van der Waals surface area contributed by atoms with Gasteiger partial charge in [0.05, 0.1) is 19.4 Å². The SMILES string of the molecule is CCOc1ccccc1CN1CCN(C(=O)c2cnc(COC)s2)C(C)C1. The second-order valence-electron chi connectivity index (χ2n) is 6.67. The molecule has 0 bridgehead atoms. The van der Waals surface area contributed by atoms with Gasteiger partial charge in [-0.1, -0.05) is 18.2 Å². The van der Waals surface area contributed by atoms with Crippen LogP contribution in [0.2, 0.25) is 0 Å². The zero-order valence-electron chi connectivity index (χ0n) is 16.2. The number of carbonyl (C=O) groups excluding carboxylic acids is 1. The Balaban J connectivity index is 1.61. The van der Waals surface area contributed by atoms with Crippen LogP contribution in [0, 0.1) is 0 Å². The molecule has 0 aliphatic carbocycles. The molecule has 0 radical (unpaired) electrons. The molecule has 7 heteroatoms. The van der Waals surface area contributed by atoms with Gasteiger partial charge in [0.15, 0.2) is 0 Å². The first-order valence-electron chi connectivity index (χ1n) is 9.30. The Morgan fingerprint density at radius 1 is 1.33 bits per heavy atom. The number of para-hydroxylation sites is 1. The zero-order chi connectivity index (χ0) is 19.2. The number of hydrogen-bond donors (Lipinski definition) is 0. The Labute approximate surface area is 164 Å². The third-order valence-corrected chi connectivity index (χ3v) is 5.63. The van der Waals surface area contributed by atoms with E-state index in [1.54, 1.807) is 13.3 Å². The third kappa shape index (κ3) is 4.86. The minimum Gasteiger partial charge on any atom is -0.494 e. The fourth-order valence-corrected chi connectivity index (χ4v) is 4.24. The number of thiazole rings is 1. The molecule has 2 aromatic rings. The molecule has 1 unspecified atom stereocenters. The van der Waals surface area contributed by atoms with Crippen molar-refractivity contribution in [2.75, 3.05) is 33.4 Å². The molecule has 146 valence electrons. The fourth-order valence-electron chi connectivity index (χ4n) is 3.39. The number of carbonyl (C=O) groups is 1. The van der Waals surface area contributed by atoms with Gasteiger partial charge < -0.3 is 14.4 Å². The zero-order valence-corrected chi connectivity index (χ0v) is 17.0. The lowest BCUT2D eigenvalue weighted by Gasteiger charge is -2.39. The Morgan fingerprint density at radius 2 is 2.15 bits per heavy atom. The molecule has 1 aliphatic rings. The largest absolute Gasteiger partial charge is 0.494 e. The summed E-state index contributed by atoms with van der Waals surface area (Å²) in [7, 11) is 1.63. The second-order valence-corrected chi connectivity index (χ2v) is 7.79. The number of nitrogens with zero attached hydrogens (tertiary/aromatic N) is 3. The van der Waals surface area contributed by atoms with E-state index in [1.165, 1.54) is 16.9 Å². The summed E-state index contributed by atoms with van der Waals surface area (Å²) in [5.41, 5.74) is 1.19. The standard InChI is InChI=1S/C20H27N3O3S/c1-4-26-17-8-6-5-7-16(17)13-22-9-10-23(15(2)12-22)20(24)18-11-21-19(27-18)14-25-3/h5-8,11,15H,4,9-10,12-14H2,1-3H3. The van der Waals surface area contributed by atoms with Crippen molar-refractivity contribution in [3.63, 3.8) is 0 Å². The molecule has 3 rings (SSSR count). The number of piperazine rings is 1. The predicted octanol–water partition coefficient (Wildman–Crippen LogP) is 3.03. The Kier molecular flexibility index (Phi) is 6.82. The molecule has 1 atom stereocenters. The van der Waals surface area contributed by atoms with Gasteiger partial charge in [0.1, 0.15) is 15.6 Å². The summed E-state index contributed by atoms with van der Waals surface area (Å²) < 4.78 is 10.8. The highest BCUT2D eigenvalue weighted by molar-refractivity contribution is 7.13. The second kappa shape index (κ2) is 9.30. The van der Waals surface area contributed by atoms with Gasteiger partial charge in [-0.3, -0.25) is 9.69 Å². The first-order chi connectivity index (χ1) is 13.1. The quantitative estimate of drug-likeness (QED) is 0.729. The molecule has 1 aromatic carbocycles. The summed E-state index contributed by atoms with van der Waals surface area (Å²) in [4.78, 5) is 22.1. The Bertz CT molecular complexity index is 764. The van der Waals surface area contributed by atoms with Crippen molar-refractivity contribution in [1.29, 1.82) is 0 Å². The maximum absolute atomic E-state index is 12.8. The summed E-state index contributed by atoms with van der Waals surface area (Å²) in [6.45, 7) is 8.46. The highest BCUT2D eigenvalue weighted by Gasteiger charge is 2.29. The average molecular weight is 390 g/mol. The van der Waals surface area contributed by atoms with Crippen LogP contribution in [0.15, 0.2) is 30.5 Å². The van der Waals surface area contributed by atoms with Crippen LogP contribution >= 0.6 is 11.3 Å². The number of methoxy groups -OCH3 is 1. The van der Waals surface area contributed by atoms with Crippen LogP contribution in [0.25, 0.3) is 0 Å². The summed E-state index contributed by atoms with van der Waals surface area (Å²) in [5.74, 6) is 1.01. The van der Waals surface area contributed by atoms with E-state index in [9.17, 15) is 4.79 Å². The van der Waals surface area contributed by atoms with Crippen LogP contribution < -0.4 is 4.74 Å². The van der Waals surface area contributed by atoms with Crippen LogP contribution in [0.5, 0.6) is 5.75 Å². The lowest BCUT2D eigenvalue weighted by atomic mass is 10.1. The molecule has 1 aromatic heterocycles. The van der Waals surface area contributed by atoms with E-state index in [4.69, 9.17) is 9.47 Å². The molecule has 0 N–H and O–H groups in total. The number of rotatable bonds is 7. The van der Waals surface area contributed by atoms with Crippen LogP contribution in [0.3, 0.4) is 0 Å². The molecule has 2 heterocycles. The summed E-state index contributed by atoms with van der Waals surface area (Å²) in [6, 6.07) is 8.33. The van der Waals surface area contributed by atoms with Crippen molar-refractivity contribution in [2.45, 2.75) is 33.0 Å². The van der Waals surface area contributed by atoms with Gasteiger partial charge in [-0.05, 0) is 19.9 Å². The molecule has 1 saturated heterocycles. The Hall–Kier alpha value is -1.96. The molecule has 1 aliphatic heterocycles. The van der Waals surface area contributed by atoms with Crippen LogP contribution in [-0.4, -0.2) is 60.1 Å². The number of hydrogen-bond acceptors (Lipinski definition) is 6. The minimum atomic E-state index is 0.0664. The smallest absolute Gasteiger partial charge is 0.265 e. The van der Waals surface area contributed by atoms with Gasteiger partial charge in [0.25, 0.3) is 5.91 Å². The monoisotopic (exact) mass is 389 g/mol. The van der Waals surface area contributed by atoms with Crippen LogP contribution in [-0.2, 0) is 17.9 Å². The van der Waals surface area contributed by atoms with Gasteiger partial charge in [0.2, 0.25) is 0 Å². The molecule has 1 fully saturated rings. The lowest BCUT2D eigenvalue weighted by molar-refractivity contribution is 0.0478. The van der Waals surface area contributed by atoms with Crippen molar-refractivity contribution in [3.05, 3.63) is 45.9 Å². The number of ether oxygens (including phenoxy) is 2. The fraction of sp³-hybridized carbons (Fsp3) is 0.500. The van der Waals surface area contributed by atoms with E-state index in [2.05, 4.69) is 22.9 Å². The molecule has 1 amide bonds. The molecule has 0 spiro atoms. The number of amides is 1. The van der Waals surface area contributed by atoms with Crippen molar-refractivity contribution < 1.29 is 14.3 Å². The summed E-state index contributed by atoms with van der Waals surface area (Å²) >= 11 is 1.41. The third-order valence-electron chi connectivity index (χ3n) is 4.67. The van der Waals surface area contributed by atoms with Gasteiger partial charge in [-0.2, -0.15) is 0 Å². The number of aromatic nitrogens is 1. The normalized spacial score (nSPS) is 17.9. The van der Waals surface area contributed by atoms with Gasteiger partial charge >= 0.3 is 0 Å². The molecule has 0 saturated carbocycles. The van der Waals surface area contributed by atoms with Crippen molar-refractivity contribution in [2.24, 2.45) is 0 Å². The van der Waals surface area contributed by atoms with E-state index in [1.807, 2.05) is 30.0 Å².